The zero-order chi connectivity index (χ0) is 5.21. The van der Waals surface area contributed by atoms with Crippen LogP contribution in [0.15, 0.2) is 0 Å². The summed E-state index contributed by atoms with van der Waals surface area (Å²) in [6, 6.07) is 0. The molecule has 7 heavy (non-hydrogen) atoms. The van der Waals surface area contributed by atoms with Crippen LogP contribution in [0.5, 0.6) is 0 Å². The molecule has 0 aliphatic rings. The standard InChI is InChI=1S/C4H9NSi.H3N/c1-6(2,3)4-5;/h1-3H3;1H3. The number of rotatable bonds is 0. The molecule has 3 heteroatoms. The van der Waals surface area contributed by atoms with E-state index in [1.54, 1.807) is 0 Å². The average Bonchev–Trinajstić information content (AvgIpc) is 1.35. The zero-order valence-electron chi connectivity index (χ0n) is 5.15. The second-order valence-electron chi connectivity index (χ2n) is 2.36. The Bertz CT molecular complexity index is 76.7. The fourth-order valence-electron chi connectivity index (χ4n) is 0. The number of hydrogen-bond donors (Lipinski definition) is 1. The van der Waals surface area contributed by atoms with Crippen molar-refractivity contribution < 1.29 is 0 Å². The summed E-state index contributed by atoms with van der Waals surface area (Å²) in [6.07, 6.45) is 0. The summed E-state index contributed by atoms with van der Waals surface area (Å²) in [5, 5.41) is 8.21. The number of nitriles is 1. The topological polar surface area (TPSA) is 58.8 Å². The summed E-state index contributed by atoms with van der Waals surface area (Å²) in [4.78, 5) is 0. The third kappa shape index (κ3) is 10.7. The Morgan fingerprint density at radius 3 is 1.43 bits per heavy atom. The highest BCUT2D eigenvalue weighted by Crippen LogP contribution is 1.94. The maximum absolute atomic E-state index is 8.21. The van der Waals surface area contributed by atoms with Gasteiger partial charge in [0, 0.05) is 5.69 Å². The van der Waals surface area contributed by atoms with E-state index in [-0.39, 0.29) is 6.15 Å². The molecule has 0 saturated heterocycles. The van der Waals surface area contributed by atoms with E-state index in [4.69, 9.17) is 5.26 Å². The third-order valence-electron chi connectivity index (χ3n) is 0.335. The molecule has 3 N–H and O–H groups in total. The van der Waals surface area contributed by atoms with Gasteiger partial charge in [-0.1, -0.05) is 19.6 Å². The maximum Gasteiger partial charge on any atom is 0.164 e. The van der Waals surface area contributed by atoms with Crippen LogP contribution in [0.3, 0.4) is 0 Å². The monoisotopic (exact) mass is 116 g/mol. The molecule has 2 nitrogen and oxygen atoms in total. The Morgan fingerprint density at radius 1 is 1.29 bits per heavy atom. The third-order valence-corrected chi connectivity index (χ3v) is 1.01. The van der Waals surface area contributed by atoms with Crippen molar-refractivity contribution >= 4 is 8.07 Å². The van der Waals surface area contributed by atoms with Gasteiger partial charge < -0.3 is 6.15 Å². The van der Waals surface area contributed by atoms with E-state index >= 15 is 0 Å². The quantitative estimate of drug-likeness (QED) is 0.488. The lowest BCUT2D eigenvalue weighted by Crippen LogP contribution is -2.15. The minimum atomic E-state index is -1.33. The van der Waals surface area contributed by atoms with Gasteiger partial charge in [0.25, 0.3) is 0 Å². The predicted octanol–water partition coefficient (Wildman–Crippen LogP) is 1.55. The van der Waals surface area contributed by atoms with Crippen molar-refractivity contribution in [3.63, 3.8) is 0 Å². The fraction of sp³-hybridized carbons (Fsp3) is 0.750. The Kier molecular flexibility index (Phi) is 3.90. The van der Waals surface area contributed by atoms with E-state index in [1.807, 2.05) is 19.6 Å². The highest BCUT2D eigenvalue weighted by molar-refractivity contribution is 6.83. The van der Waals surface area contributed by atoms with Crippen LogP contribution in [-0.2, 0) is 0 Å². The summed E-state index contributed by atoms with van der Waals surface area (Å²) in [5.74, 6) is 0. The fourth-order valence-corrected chi connectivity index (χ4v) is 0. The van der Waals surface area contributed by atoms with E-state index in [9.17, 15) is 0 Å². The van der Waals surface area contributed by atoms with Gasteiger partial charge in [-0.2, -0.15) is 0 Å². The molecular formula is C4H12N2Si. The van der Waals surface area contributed by atoms with Crippen molar-refractivity contribution in [2.75, 3.05) is 0 Å². The Labute approximate surface area is 45.7 Å². The van der Waals surface area contributed by atoms with Crippen LogP contribution in [0.2, 0.25) is 19.6 Å². The Morgan fingerprint density at radius 2 is 1.43 bits per heavy atom. The number of nitrogens with zero attached hydrogens (tertiary/aromatic N) is 1. The molecule has 0 bridgehead atoms. The van der Waals surface area contributed by atoms with E-state index in [2.05, 4.69) is 5.69 Å². The van der Waals surface area contributed by atoms with Crippen molar-refractivity contribution in [1.29, 1.82) is 5.26 Å². The highest BCUT2D eigenvalue weighted by atomic mass is 28.3. The molecule has 0 unspecified atom stereocenters. The first-order valence-corrected chi connectivity index (χ1v) is 5.47. The lowest BCUT2D eigenvalue weighted by Gasteiger charge is -1.96. The Balaban J connectivity index is 0. The molecule has 0 aliphatic carbocycles. The molecule has 42 valence electrons. The van der Waals surface area contributed by atoms with Gasteiger partial charge in [-0.15, -0.1) is 0 Å². The summed E-state index contributed by atoms with van der Waals surface area (Å²) in [7, 11) is -1.33. The molecule has 0 aromatic heterocycles. The normalized spacial score (nSPS) is 8.86. The molecule has 0 spiro atoms. The highest BCUT2D eigenvalue weighted by Gasteiger charge is 2.09. The second kappa shape index (κ2) is 2.78. The van der Waals surface area contributed by atoms with Gasteiger partial charge in [-0.3, -0.25) is 0 Å². The summed E-state index contributed by atoms with van der Waals surface area (Å²) < 4.78 is 0. The maximum atomic E-state index is 8.21. The molecule has 0 rings (SSSR count). The molecule has 0 aromatic carbocycles. The van der Waals surface area contributed by atoms with Gasteiger partial charge in [-0.05, 0) is 0 Å². The van der Waals surface area contributed by atoms with Crippen molar-refractivity contribution in [3.8, 4) is 5.69 Å². The van der Waals surface area contributed by atoms with Crippen LogP contribution in [0.1, 0.15) is 0 Å². The van der Waals surface area contributed by atoms with Gasteiger partial charge in [-0.25, -0.2) is 5.26 Å². The van der Waals surface area contributed by atoms with Crippen LogP contribution in [0, 0.1) is 11.0 Å². The average molecular weight is 116 g/mol. The second-order valence-corrected chi connectivity index (χ2v) is 7.09. The summed E-state index contributed by atoms with van der Waals surface area (Å²) in [6.45, 7) is 6.06. The molecule has 0 saturated carbocycles. The largest absolute Gasteiger partial charge is 0.344 e. The van der Waals surface area contributed by atoms with Crippen LogP contribution in [0.25, 0.3) is 0 Å². The molecule has 0 fully saturated rings. The minimum absolute atomic E-state index is 0. The van der Waals surface area contributed by atoms with Gasteiger partial charge in [0.15, 0.2) is 8.07 Å². The van der Waals surface area contributed by atoms with Gasteiger partial charge >= 0.3 is 0 Å². The smallest absolute Gasteiger partial charge is 0.164 e. The Hall–Kier alpha value is -0.333. The van der Waals surface area contributed by atoms with Gasteiger partial charge in [0.05, 0.1) is 0 Å². The van der Waals surface area contributed by atoms with E-state index in [0.29, 0.717) is 0 Å². The first kappa shape index (κ1) is 9.83. The van der Waals surface area contributed by atoms with Crippen molar-refractivity contribution in [1.82, 2.24) is 6.15 Å². The molecule has 0 aliphatic heterocycles. The SMILES string of the molecule is C[Si](C)(C)C#N.N. The molecule has 0 heterocycles. The van der Waals surface area contributed by atoms with E-state index in [1.165, 1.54) is 0 Å². The molecule has 0 amide bonds. The van der Waals surface area contributed by atoms with E-state index < -0.39 is 8.07 Å². The minimum Gasteiger partial charge on any atom is -0.344 e. The first-order chi connectivity index (χ1) is 2.56. The van der Waals surface area contributed by atoms with Crippen LogP contribution < -0.4 is 6.15 Å². The number of hydrogen-bond acceptors (Lipinski definition) is 2. The van der Waals surface area contributed by atoms with Crippen molar-refractivity contribution in [2.45, 2.75) is 19.6 Å². The van der Waals surface area contributed by atoms with Gasteiger partial charge in [0.1, 0.15) is 0 Å². The van der Waals surface area contributed by atoms with Crippen molar-refractivity contribution in [2.24, 2.45) is 0 Å². The lowest BCUT2D eigenvalue weighted by atomic mass is 11.7. The molecule has 0 radical (unpaired) electrons. The molecular weight excluding hydrogens is 104 g/mol. The van der Waals surface area contributed by atoms with Gasteiger partial charge in [0.2, 0.25) is 0 Å². The predicted molar refractivity (Wildman–Crippen MR) is 34.0 cm³/mol. The van der Waals surface area contributed by atoms with E-state index in [0.717, 1.165) is 0 Å². The molecule has 0 atom stereocenters. The van der Waals surface area contributed by atoms with Crippen molar-refractivity contribution in [3.05, 3.63) is 0 Å². The lowest BCUT2D eigenvalue weighted by molar-refractivity contribution is 1.53. The summed E-state index contributed by atoms with van der Waals surface area (Å²) in [5.41, 5.74) is 2.24. The van der Waals surface area contributed by atoms with Crippen LogP contribution >= 0.6 is 0 Å². The van der Waals surface area contributed by atoms with Crippen LogP contribution in [0.4, 0.5) is 0 Å². The first-order valence-electron chi connectivity index (χ1n) is 1.97. The molecule has 0 aromatic rings. The zero-order valence-corrected chi connectivity index (χ0v) is 6.15. The summed E-state index contributed by atoms with van der Waals surface area (Å²) >= 11 is 0. The van der Waals surface area contributed by atoms with Crippen LogP contribution in [-0.4, -0.2) is 8.07 Å².